The third-order valence-electron chi connectivity index (χ3n) is 11.1. The van der Waals surface area contributed by atoms with E-state index in [4.69, 9.17) is 0 Å². The van der Waals surface area contributed by atoms with Crippen molar-refractivity contribution < 1.29 is 9.59 Å². The van der Waals surface area contributed by atoms with E-state index in [0.717, 1.165) is 18.5 Å². The average molecular weight is 490 g/mol. The molecule has 4 fully saturated rings. The highest BCUT2D eigenvalue weighted by Crippen LogP contribution is 2.65. The van der Waals surface area contributed by atoms with Crippen LogP contribution in [-0.2, 0) is 15.0 Å². The van der Waals surface area contributed by atoms with Crippen molar-refractivity contribution in [1.29, 1.82) is 0 Å². The summed E-state index contributed by atoms with van der Waals surface area (Å²) in [5.74, 6) is 1.18. The third-order valence-corrected chi connectivity index (χ3v) is 11.1. The van der Waals surface area contributed by atoms with Crippen LogP contribution in [0.15, 0.2) is 36.4 Å². The van der Waals surface area contributed by atoms with Gasteiger partial charge in [-0.15, -0.1) is 0 Å². The topological polar surface area (TPSA) is 61.4 Å². The van der Waals surface area contributed by atoms with E-state index in [2.05, 4.69) is 62.2 Å². The minimum atomic E-state index is -0.458. The molecule has 5 aliphatic rings. The quantitative estimate of drug-likeness (QED) is 0.542. The van der Waals surface area contributed by atoms with Crippen molar-refractivity contribution in [3.63, 3.8) is 0 Å². The summed E-state index contributed by atoms with van der Waals surface area (Å²) in [4.78, 5) is 29.2. The molecule has 3 aliphatic heterocycles. The SMILES string of the molecule is C=C1CCC2C(C)(C)CCCC2(C)C1CC12CC3C(=O)NC(C(C)C)C(=O)N3C1Nc1ccccc12. The molecule has 0 aromatic heterocycles. The van der Waals surface area contributed by atoms with Gasteiger partial charge in [-0.3, -0.25) is 9.59 Å². The number of nitrogens with zero attached hydrogens (tertiary/aromatic N) is 1. The Hall–Kier alpha value is -2.30. The Labute approximate surface area is 216 Å². The Morgan fingerprint density at radius 2 is 1.86 bits per heavy atom. The third kappa shape index (κ3) is 3.13. The van der Waals surface area contributed by atoms with E-state index in [0.29, 0.717) is 23.7 Å². The first-order valence-corrected chi connectivity index (χ1v) is 14.2. The van der Waals surface area contributed by atoms with Crippen LogP contribution in [0.2, 0.25) is 0 Å². The van der Waals surface area contributed by atoms with Crippen molar-refractivity contribution in [3.8, 4) is 0 Å². The fourth-order valence-corrected chi connectivity index (χ4v) is 9.40. The van der Waals surface area contributed by atoms with E-state index >= 15 is 0 Å². The van der Waals surface area contributed by atoms with E-state index in [1.165, 1.54) is 36.8 Å². The van der Waals surface area contributed by atoms with Gasteiger partial charge in [0, 0.05) is 11.1 Å². The van der Waals surface area contributed by atoms with Gasteiger partial charge < -0.3 is 15.5 Å². The number of nitrogens with one attached hydrogen (secondary N) is 2. The fraction of sp³-hybridized carbons (Fsp3) is 0.677. The molecule has 0 bridgehead atoms. The standard InChI is InChI=1S/C31H43N3O2/c1-18(2)25-27(36)34-23(26(35)33-25)17-31(20-10-7-8-11-22(20)32-28(31)34)16-21-19(3)12-13-24-29(4,5)14-9-15-30(21,24)6/h7-8,10-11,18,21,23-25,28,32H,3,9,12-17H2,1-2,4-6H3,(H,33,35). The Balaban J connectivity index is 1.45. The summed E-state index contributed by atoms with van der Waals surface area (Å²) >= 11 is 0. The molecule has 1 aromatic rings. The molecule has 7 unspecified atom stereocenters. The van der Waals surface area contributed by atoms with Crippen molar-refractivity contribution in [3.05, 3.63) is 42.0 Å². The van der Waals surface area contributed by atoms with E-state index in [1.807, 2.05) is 18.7 Å². The maximum absolute atomic E-state index is 13.8. The van der Waals surface area contributed by atoms with Crippen molar-refractivity contribution >= 4 is 17.5 Å². The first-order chi connectivity index (χ1) is 17.0. The van der Waals surface area contributed by atoms with Gasteiger partial charge in [-0.05, 0) is 78.7 Å². The summed E-state index contributed by atoms with van der Waals surface area (Å²) in [7, 11) is 0. The fourth-order valence-electron chi connectivity index (χ4n) is 9.40. The highest BCUT2D eigenvalue weighted by Gasteiger charge is 2.65. The Morgan fingerprint density at radius 3 is 2.61 bits per heavy atom. The number of benzene rings is 1. The lowest BCUT2D eigenvalue weighted by molar-refractivity contribution is -0.150. The first-order valence-electron chi connectivity index (χ1n) is 14.2. The molecular formula is C31H43N3O2. The van der Waals surface area contributed by atoms with Gasteiger partial charge >= 0.3 is 0 Å². The molecule has 2 aliphatic carbocycles. The minimum absolute atomic E-state index is 0.00622. The van der Waals surface area contributed by atoms with Crippen LogP contribution < -0.4 is 10.6 Å². The van der Waals surface area contributed by atoms with Gasteiger partial charge in [0.05, 0.1) is 0 Å². The Kier molecular flexibility index (Phi) is 5.25. The number of carbonyl (C=O) groups excluding carboxylic acids is 2. The molecule has 5 nitrogen and oxygen atoms in total. The predicted molar refractivity (Wildman–Crippen MR) is 143 cm³/mol. The molecular weight excluding hydrogens is 446 g/mol. The molecule has 194 valence electrons. The summed E-state index contributed by atoms with van der Waals surface area (Å²) in [6.45, 7) is 16.2. The average Bonchev–Trinajstić information content (AvgIpc) is 3.29. The molecule has 7 atom stereocenters. The van der Waals surface area contributed by atoms with Gasteiger partial charge in [0.2, 0.25) is 11.8 Å². The summed E-state index contributed by atoms with van der Waals surface area (Å²) in [5, 5.41) is 6.82. The lowest BCUT2D eigenvalue weighted by Gasteiger charge is -2.59. The van der Waals surface area contributed by atoms with Crippen LogP contribution in [-0.4, -0.2) is 35.0 Å². The number of carbonyl (C=O) groups is 2. The molecule has 5 heteroatoms. The largest absolute Gasteiger partial charge is 0.364 e. The van der Waals surface area contributed by atoms with E-state index in [1.54, 1.807) is 0 Å². The van der Waals surface area contributed by atoms with Crippen LogP contribution in [0.25, 0.3) is 0 Å². The zero-order valence-electron chi connectivity index (χ0n) is 22.7. The molecule has 1 aromatic carbocycles. The number of hydrogen-bond donors (Lipinski definition) is 2. The number of allylic oxidation sites excluding steroid dienone is 1. The summed E-state index contributed by atoms with van der Waals surface area (Å²) in [6, 6.07) is 7.69. The Morgan fingerprint density at radius 1 is 1.11 bits per heavy atom. The maximum Gasteiger partial charge on any atom is 0.247 e. The first kappa shape index (κ1) is 24.1. The second kappa shape index (κ2) is 7.85. The lowest BCUT2D eigenvalue weighted by atomic mass is 9.46. The van der Waals surface area contributed by atoms with Gasteiger partial charge in [-0.2, -0.15) is 0 Å². The zero-order valence-corrected chi connectivity index (χ0v) is 22.7. The minimum Gasteiger partial charge on any atom is -0.364 e. The smallest absolute Gasteiger partial charge is 0.247 e. The number of para-hydroxylation sites is 1. The van der Waals surface area contributed by atoms with E-state index in [-0.39, 0.29) is 34.7 Å². The number of anilines is 1. The predicted octanol–water partition coefficient (Wildman–Crippen LogP) is 5.62. The lowest BCUT2D eigenvalue weighted by Crippen LogP contribution is -2.65. The van der Waals surface area contributed by atoms with E-state index < -0.39 is 12.1 Å². The van der Waals surface area contributed by atoms with Gasteiger partial charge in [-0.1, -0.05) is 71.4 Å². The number of rotatable bonds is 3. The molecule has 36 heavy (non-hydrogen) atoms. The second-order valence-corrected chi connectivity index (χ2v) is 13.8. The van der Waals surface area contributed by atoms with Crippen LogP contribution in [0.4, 0.5) is 5.69 Å². The van der Waals surface area contributed by atoms with Crippen LogP contribution in [0.5, 0.6) is 0 Å². The summed E-state index contributed by atoms with van der Waals surface area (Å²) < 4.78 is 0. The molecule has 3 heterocycles. The van der Waals surface area contributed by atoms with Crippen molar-refractivity contribution in [2.75, 3.05) is 5.32 Å². The summed E-state index contributed by atoms with van der Waals surface area (Å²) in [6.07, 6.45) is 7.56. The van der Waals surface area contributed by atoms with Crippen LogP contribution in [0, 0.1) is 28.6 Å². The molecule has 0 radical (unpaired) electrons. The van der Waals surface area contributed by atoms with Crippen molar-refractivity contribution in [1.82, 2.24) is 10.2 Å². The highest BCUT2D eigenvalue weighted by molar-refractivity contribution is 5.99. The Bertz CT molecular complexity index is 1120. The van der Waals surface area contributed by atoms with E-state index in [9.17, 15) is 9.59 Å². The van der Waals surface area contributed by atoms with Crippen LogP contribution >= 0.6 is 0 Å². The maximum atomic E-state index is 13.8. The van der Waals surface area contributed by atoms with Crippen LogP contribution in [0.3, 0.4) is 0 Å². The normalized spacial score (nSPS) is 40.8. The van der Waals surface area contributed by atoms with Crippen molar-refractivity contribution in [2.45, 2.75) is 103 Å². The molecule has 2 saturated heterocycles. The number of amides is 2. The number of fused-ring (bicyclic) bond motifs is 6. The molecule has 0 spiro atoms. The van der Waals surface area contributed by atoms with Crippen molar-refractivity contribution in [2.24, 2.45) is 28.6 Å². The number of hydrogen-bond acceptors (Lipinski definition) is 3. The zero-order chi connectivity index (χ0) is 25.6. The number of piperazine rings is 1. The second-order valence-electron chi connectivity index (χ2n) is 13.8. The van der Waals surface area contributed by atoms with Gasteiger partial charge in [-0.25, -0.2) is 0 Å². The molecule has 2 amide bonds. The van der Waals surface area contributed by atoms with Gasteiger partial charge in [0.15, 0.2) is 0 Å². The van der Waals surface area contributed by atoms with Crippen LogP contribution in [0.1, 0.15) is 85.1 Å². The highest BCUT2D eigenvalue weighted by atomic mass is 16.2. The monoisotopic (exact) mass is 489 g/mol. The van der Waals surface area contributed by atoms with Gasteiger partial charge in [0.25, 0.3) is 0 Å². The molecule has 2 N–H and O–H groups in total. The summed E-state index contributed by atoms with van der Waals surface area (Å²) in [5.41, 5.74) is 4.02. The van der Waals surface area contributed by atoms with Gasteiger partial charge in [0.1, 0.15) is 18.2 Å². The molecule has 2 saturated carbocycles. The molecule has 6 rings (SSSR count).